The maximum absolute atomic E-state index is 13.2. The molecule has 3 aromatic rings. The number of sulfonamides is 1. The molecule has 0 radical (unpaired) electrons. The van der Waals surface area contributed by atoms with E-state index in [9.17, 15) is 17.6 Å². The number of carbonyl (C=O) groups excluding carboxylic acids is 1. The molecule has 9 heteroatoms. The van der Waals surface area contributed by atoms with Crippen molar-refractivity contribution in [2.24, 2.45) is 0 Å². The van der Waals surface area contributed by atoms with E-state index in [0.717, 1.165) is 29.6 Å². The number of carbonyl (C=O) groups is 1. The Kier molecular flexibility index (Phi) is 5.57. The van der Waals surface area contributed by atoms with E-state index >= 15 is 0 Å². The number of nitrogens with one attached hydrogen (secondary N) is 1. The Labute approximate surface area is 174 Å². The van der Waals surface area contributed by atoms with Gasteiger partial charge < -0.3 is 4.57 Å². The molecule has 0 aliphatic carbocycles. The summed E-state index contributed by atoms with van der Waals surface area (Å²) in [5.41, 5.74) is 1.68. The van der Waals surface area contributed by atoms with Gasteiger partial charge in [0.25, 0.3) is 0 Å². The average Bonchev–Trinajstić information content (AvgIpc) is 3.35. The molecule has 7 nitrogen and oxygen atoms in total. The molecule has 4 rings (SSSR count). The van der Waals surface area contributed by atoms with Crippen molar-refractivity contribution in [3.8, 4) is 0 Å². The lowest BCUT2D eigenvalue weighted by molar-refractivity contribution is -0.119. The summed E-state index contributed by atoms with van der Waals surface area (Å²) in [7, 11) is -3.91. The van der Waals surface area contributed by atoms with Crippen molar-refractivity contribution in [2.45, 2.75) is 43.7 Å². The van der Waals surface area contributed by atoms with Crippen molar-refractivity contribution in [3.05, 3.63) is 54.3 Å². The quantitative estimate of drug-likeness (QED) is 0.650. The van der Waals surface area contributed by atoms with Crippen molar-refractivity contribution in [2.75, 3.05) is 11.9 Å². The number of halogens is 1. The molecule has 1 aliphatic rings. The monoisotopic (exact) mass is 430 g/mol. The number of aromatic nitrogens is 2. The van der Waals surface area contributed by atoms with Crippen molar-refractivity contribution in [1.29, 1.82) is 0 Å². The van der Waals surface area contributed by atoms with Crippen molar-refractivity contribution in [1.82, 2.24) is 13.9 Å². The van der Waals surface area contributed by atoms with Crippen LogP contribution in [0.1, 0.15) is 26.2 Å². The second-order valence-corrected chi connectivity index (χ2v) is 9.18. The lowest BCUT2D eigenvalue weighted by Crippen LogP contribution is -2.43. The summed E-state index contributed by atoms with van der Waals surface area (Å²) in [5, 5.41) is 2.84. The summed E-state index contributed by atoms with van der Waals surface area (Å²) in [4.78, 5) is 17.6. The fourth-order valence-corrected chi connectivity index (χ4v) is 5.50. The summed E-state index contributed by atoms with van der Waals surface area (Å²) < 4.78 is 42.4. The molecule has 1 amide bonds. The molecule has 1 aliphatic heterocycles. The highest BCUT2D eigenvalue weighted by atomic mass is 32.2. The number of para-hydroxylation sites is 2. The third-order valence-corrected chi connectivity index (χ3v) is 7.19. The smallest absolute Gasteiger partial charge is 0.245 e. The van der Waals surface area contributed by atoms with E-state index in [1.54, 1.807) is 0 Å². The molecule has 1 aromatic heterocycles. The first-order valence-corrected chi connectivity index (χ1v) is 11.4. The maximum atomic E-state index is 13.2. The Bertz CT molecular complexity index is 1170. The van der Waals surface area contributed by atoms with Crippen LogP contribution in [0.5, 0.6) is 0 Å². The number of hydrogen-bond acceptors (Lipinski definition) is 4. The minimum Gasteiger partial charge on any atom is -0.310 e. The van der Waals surface area contributed by atoms with Gasteiger partial charge >= 0.3 is 0 Å². The van der Waals surface area contributed by atoms with E-state index in [4.69, 9.17) is 0 Å². The molecule has 30 heavy (non-hydrogen) atoms. The first-order chi connectivity index (χ1) is 14.4. The molecular weight excluding hydrogens is 407 g/mol. The number of fused-ring (bicyclic) bond motifs is 1. The van der Waals surface area contributed by atoms with E-state index in [1.165, 1.54) is 16.4 Å². The average molecular weight is 431 g/mol. The number of aryl methyl sites for hydroxylation is 1. The summed E-state index contributed by atoms with van der Waals surface area (Å²) in [6, 6.07) is 11.4. The van der Waals surface area contributed by atoms with Crippen molar-refractivity contribution >= 4 is 32.9 Å². The van der Waals surface area contributed by atoms with Crippen LogP contribution in [0, 0.1) is 5.82 Å². The zero-order chi connectivity index (χ0) is 21.3. The Balaban J connectivity index is 1.61. The number of nitrogens with zero attached hydrogens (tertiary/aromatic N) is 3. The first kappa shape index (κ1) is 20.5. The number of amides is 1. The van der Waals surface area contributed by atoms with Gasteiger partial charge in [-0.2, -0.15) is 4.31 Å². The van der Waals surface area contributed by atoms with Crippen LogP contribution in [0.3, 0.4) is 0 Å². The molecule has 0 saturated carbocycles. The van der Waals surface area contributed by atoms with E-state index < -0.39 is 27.8 Å². The molecule has 0 bridgehead atoms. The molecule has 1 unspecified atom stereocenters. The van der Waals surface area contributed by atoms with E-state index in [0.29, 0.717) is 25.3 Å². The molecule has 1 fully saturated rings. The third-order valence-electron chi connectivity index (χ3n) is 5.26. The molecule has 0 spiro atoms. The van der Waals surface area contributed by atoms with Crippen LogP contribution in [-0.2, 0) is 21.4 Å². The van der Waals surface area contributed by atoms with Crippen LogP contribution in [-0.4, -0.2) is 40.8 Å². The largest absolute Gasteiger partial charge is 0.310 e. The van der Waals surface area contributed by atoms with Crippen LogP contribution in [0.25, 0.3) is 11.0 Å². The Morgan fingerprint density at radius 3 is 2.67 bits per heavy atom. The summed E-state index contributed by atoms with van der Waals surface area (Å²) >= 11 is 0. The zero-order valence-electron chi connectivity index (χ0n) is 16.6. The number of benzene rings is 2. The summed E-state index contributed by atoms with van der Waals surface area (Å²) in [5.74, 6) is -0.514. The summed E-state index contributed by atoms with van der Waals surface area (Å²) in [6.45, 7) is 2.95. The molecule has 2 heterocycles. The van der Waals surface area contributed by atoms with Crippen LogP contribution in [0.15, 0.2) is 53.4 Å². The fourth-order valence-electron chi connectivity index (χ4n) is 3.85. The van der Waals surface area contributed by atoms with Crippen LogP contribution < -0.4 is 5.32 Å². The van der Waals surface area contributed by atoms with Gasteiger partial charge in [-0.25, -0.2) is 17.8 Å². The Morgan fingerprint density at radius 1 is 1.20 bits per heavy atom. The minimum atomic E-state index is -3.91. The SMILES string of the molecule is CCCn1c(NC(=O)C2CCCN2S(=O)(=O)c2ccc(F)cc2)nc2ccccc21. The number of rotatable bonds is 6. The molecule has 1 saturated heterocycles. The van der Waals surface area contributed by atoms with E-state index in [-0.39, 0.29) is 11.4 Å². The van der Waals surface area contributed by atoms with Crippen molar-refractivity contribution in [3.63, 3.8) is 0 Å². The predicted molar refractivity (Wildman–Crippen MR) is 112 cm³/mol. The number of anilines is 1. The van der Waals surface area contributed by atoms with E-state index in [2.05, 4.69) is 10.3 Å². The lowest BCUT2D eigenvalue weighted by atomic mass is 10.2. The van der Waals surface area contributed by atoms with E-state index in [1.807, 2.05) is 35.8 Å². The van der Waals surface area contributed by atoms with Gasteiger partial charge in [0.1, 0.15) is 11.9 Å². The van der Waals surface area contributed by atoms with Crippen LogP contribution >= 0.6 is 0 Å². The minimum absolute atomic E-state index is 0.0261. The maximum Gasteiger partial charge on any atom is 0.245 e. The zero-order valence-corrected chi connectivity index (χ0v) is 17.4. The van der Waals surface area contributed by atoms with Gasteiger partial charge in [0.05, 0.1) is 15.9 Å². The highest BCUT2D eigenvalue weighted by molar-refractivity contribution is 7.89. The molecule has 2 aromatic carbocycles. The van der Waals surface area contributed by atoms with Crippen LogP contribution in [0.4, 0.5) is 10.3 Å². The van der Waals surface area contributed by atoms with Gasteiger partial charge in [-0.05, 0) is 55.7 Å². The first-order valence-electron chi connectivity index (χ1n) is 9.95. The van der Waals surface area contributed by atoms with Gasteiger partial charge in [0.15, 0.2) is 0 Å². The predicted octanol–water partition coefficient (Wildman–Crippen LogP) is 3.38. The molecule has 1 atom stereocenters. The molecular formula is C21H23FN4O3S. The Hall–Kier alpha value is -2.78. The van der Waals surface area contributed by atoms with Gasteiger partial charge in [-0.1, -0.05) is 19.1 Å². The fraction of sp³-hybridized carbons (Fsp3) is 0.333. The van der Waals surface area contributed by atoms with Gasteiger partial charge in [-0.3, -0.25) is 10.1 Å². The second-order valence-electron chi connectivity index (χ2n) is 7.29. The van der Waals surface area contributed by atoms with Crippen LogP contribution in [0.2, 0.25) is 0 Å². The molecule has 1 N–H and O–H groups in total. The summed E-state index contributed by atoms with van der Waals surface area (Å²) in [6.07, 6.45) is 1.85. The normalized spacial score (nSPS) is 17.5. The lowest BCUT2D eigenvalue weighted by Gasteiger charge is -2.23. The third kappa shape index (κ3) is 3.70. The number of imidazole rings is 1. The topological polar surface area (TPSA) is 84.3 Å². The Morgan fingerprint density at radius 2 is 1.93 bits per heavy atom. The van der Waals surface area contributed by atoms with Crippen molar-refractivity contribution < 1.29 is 17.6 Å². The standard InChI is InChI=1S/C21H23FN4O3S/c1-2-13-25-18-7-4-3-6-17(18)23-21(25)24-20(27)19-8-5-14-26(19)30(28,29)16-11-9-15(22)10-12-16/h3-4,6-7,9-12,19H,2,5,8,13-14H2,1H3,(H,23,24,27). The van der Waals surface area contributed by atoms with Gasteiger partial charge in [0.2, 0.25) is 21.9 Å². The highest BCUT2D eigenvalue weighted by Crippen LogP contribution is 2.28. The van der Waals surface area contributed by atoms with Gasteiger partial charge in [0, 0.05) is 13.1 Å². The molecule has 158 valence electrons. The highest BCUT2D eigenvalue weighted by Gasteiger charge is 2.39. The second kappa shape index (κ2) is 8.16. The number of hydrogen-bond donors (Lipinski definition) is 1. The van der Waals surface area contributed by atoms with Gasteiger partial charge in [-0.15, -0.1) is 0 Å².